The molecule has 0 aliphatic heterocycles. The number of nitrogens with zero attached hydrogens (tertiary/aromatic N) is 1. The molecule has 0 aromatic carbocycles. The SMILES string of the molecule is CC(N(C)CCNCCc1ccsc1)C(C)(C)C. The number of thiophene rings is 1. The fourth-order valence-electron chi connectivity index (χ4n) is 1.90. The van der Waals surface area contributed by atoms with Gasteiger partial charge >= 0.3 is 0 Å². The molecular weight excluding hydrogens is 240 g/mol. The van der Waals surface area contributed by atoms with E-state index in [4.69, 9.17) is 0 Å². The van der Waals surface area contributed by atoms with E-state index in [2.05, 4.69) is 61.8 Å². The van der Waals surface area contributed by atoms with E-state index in [-0.39, 0.29) is 0 Å². The van der Waals surface area contributed by atoms with Crippen molar-refractivity contribution in [3.63, 3.8) is 0 Å². The van der Waals surface area contributed by atoms with Crippen LogP contribution in [0.15, 0.2) is 16.8 Å². The average molecular weight is 268 g/mol. The first-order chi connectivity index (χ1) is 8.41. The maximum absolute atomic E-state index is 3.52. The standard InChI is InChI=1S/C15H28N2S/c1-13(15(2,3)4)17(5)10-9-16-8-6-14-7-11-18-12-14/h7,11-13,16H,6,8-10H2,1-5H3. The van der Waals surface area contributed by atoms with Gasteiger partial charge in [-0.05, 0) is 54.7 Å². The van der Waals surface area contributed by atoms with Crippen LogP contribution in [0.3, 0.4) is 0 Å². The van der Waals surface area contributed by atoms with Gasteiger partial charge in [0.2, 0.25) is 0 Å². The second kappa shape index (κ2) is 7.27. The van der Waals surface area contributed by atoms with Crippen molar-refractivity contribution in [2.24, 2.45) is 5.41 Å². The molecule has 18 heavy (non-hydrogen) atoms. The molecule has 0 aliphatic carbocycles. The van der Waals surface area contributed by atoms with Crippen molar-refractivity contribution in [2.45, 2.75) is 40.2 Å². The highest BCUT2D eigenvalue weighted by atomic mass is 32.1. The van der Waals surface area contributed by atoms with Crippen molar-refractivity contribution >= 4 is 11.3 Å². The van der Waals surface area contributed by atoms with Gasteiger partial charge in [-0.25, -0.2) is 0 Å². The minimum atomic E-state index is 0.353. The Hall–Kier alpha value is -0.380. The molecule has 1 atom stereocenters. The highest BCUT2D eigenvalue weighted by molar-refractivity contribution is 7.07. The topological polar surface area (TPSA) is 15.3 Å². The molecule has 1 N–H and O–H groups in total. The molecule has 2 nitrogen and oxygen atoms in total. The van der Waals surface area contributed by atoms with E-state index in [0.29, 0.717) is 11.5 Å². The van der Waals surface area contributed by atoms with Crippen LogP contribution < -0.4 is 5.32 Å². The predicted octanol–water partition coefficient (Wildman–Crippen LogP) is 3.25. The number of hydrogen-bond acceptors (Lipinski definition) is 3. The summed E-state index contributed by atoms with van der Waals surface area (Å²) in [5, 5.41) is 7.90. The predicted molar refractivity (Wildman–Crippen MR) is 82.4 cm³/mol. The number of rotatable bonds is 7. The van der Waals surface area contributed by atoms with Gasteiger partial charge in [-0.15, -0.1) is 0 Å². The molecule has 1 unspecified atom stereocenters. The van der Waals surface area contributed by atoms with Gasteiger partial charge in [0.15, 0.2) is 0 Å². The van der Waals surface area contributed by atoms with Crippen LogP contribution in [0.2, 0.25) is 0 Å². The zero-order valence-corrected chi connectivity index (χ0v) is 13.3. The molecule has 0 radical (unpaired) electrons. The van der Waals surface area contributed by atoms with Crippen LogP contribution in [0.25, 0.3) is 0 Å². The lowest BCUT2D eigenvalue weighted by Crippen LogP contribution is -2.42. The van der Waals surface area contributed by atoms with E-state index < -0.39 is 0 Å². The van der Waals surface area contributed by atoms with Crippen molar-refractivity contribution in [3.8, 4) is 0 Å². The maximum atomic E-state index is 3.52. The van der Waals surface area contributed by atoms with Gasteiger partial charge in [0, 0.05) is 19.1 Å². The molecular formula is C15H28N2S. The van der Waals surface area contributed by atoms with E-state index in [1.807, 2.05) is 0 Å². The Morgan fingerprint density at radius 2 is 2.06 bits per heavy atom. The summed E-state index contributed by atoms with van der Waals surface area (Å²) in [7, 11) is 2.22. The minimum absolute atomic E-state index is 0.353. The summed E-state index contributed by atoms with van der Waals surface area (Å²) in [5.74, 6) is 0. The summed E-state index contributed by atoms with van der Waals surface area (Å²) < 4.78 is 0. The number of nitrogens with one attached hydrogen (secondary N) is 1. The Labute approximate surface area is 116 Å². The molecule has 104 valence electrons. The van der Waals surface area contributed by atoms with Crippen molar-refractivity contribution < 1.29 is 0 Å². The van der Waals surface area contributed by atoms with Gasteiger partial charge in [0.05, 0.1) is 0 Å². The van der Waals surface area contributed by atoms with Crippen molar-refractivity contribution in [3.05, 3.63) is 22.4 Å². The molecule has 0 aliphatic rings. The normalized spacial score (nSPS) is 14.1. The summed E-state index contributed by atoms with van der Waals surface area (Å²) in [6.07, 6.45) is 1.14. The third-order valence-electron chi connectivity index (χ3n) is 3.73. The Bertz CT molecular complexity index is 314. The van der Waals surface area contributed by atoms with E-state index in [0.717, 1.165) is 26.1 Å². The number of hydrogen-bond donors (Lipinski definition) is 1. The molecule has 0 spiro atoms. The quantitative estimate of drug-likeness (QED) is 0.764. The van der Waals surface area contributed by atoms with Crippen LogP contribution in [-0.2, 0) is 6.42 Å². The highest BCUT2D eigenvalue weighted by Gasteiger charge is 2.23. The summed E-state index contributed by atoms with van der Waals surface area (Å²) in [6, 6.07) is 2.82. The van der Waals surface area contributed by atoms with Crippen molar-refractivity contribution in [2.75, 3.05) is 26.7 Å². The van der Waals surface area contributed by atoms with Gasteiger partial charge in [-0.3, -0.25) is 0 Å². The van der Waals surface area contributed by atoms with E-state index >= 15 is 0 Å². The molecule has 1 heterocycles. The molecule has 0 amide bonds. The van der Waals surface area contributed by atoms with E-state index in [1.165, 1.54) is 5.56 Å². The molecule has 1 aromatic rings. The number of likely N-dealkylation sites (N-methyl/N-ethyl adjacent to an activating group) is 1. The van der Waals surface area contributed by atoms with Crippen molar-refractivity contribution in [1.29, 1.82) is 0 Å². The lowest BCUT2D eigenvalue weighted by atomic mass is 9.87. The van der Waals surface area contributed by atoms with Crippen LogP contribution in [0, 0.1) is 5.41 Å². The first-order valence-electron chi connectivity index (χ1n) is 6.83. The molecule has 0 bridgehead atoms. The maximum Gasteiger partial charge on any atom is 0.0113 e. The highest BCUT2D eigenvalue weighted by Crippen LogP contribution is 2.22. The summed E-state index contributed by atoms with van der Waals surface area (Å²) in [5.41, 5.74) is 1.80. The average Bonchev–Trinajstić information content (AvgIpc) is 2.79. The summed E-state index contributed by atoms with van der Waals surface area (Å²) in [4.78, 5) is 2.44. The molecule has 1 rings (SSSR count). The summed E-state index contributed by atoms with van der Waals surface area (Å²) in [6.45, 7) is 12.5. The Morgan fingerprint density at radius 1 is 1.33 bits per heavy atom. The first kappa shape index (κ1) is 15.7. The van der Waals surface area contributed by atoms with E-state index in [1.54, 1.807) is 11.3 Å². The van der Waals surface area contributed by atoms with Crippen molar-refractivity contribution in [1.82, 2.24) is 10.2 Å². The lowest BCUT2D eigenvalue weighted by molar-refractivity contribution is 0.142. The fourth-order valence-corrected chi connectivity index (χ4v) is 2.61. The van der Waals surface area contributed by atoms with Crippen LogP contribution in [-0.4, -0.2) is 37.6 Å². The Balaban J connectivity index is 2.10. The lowest BCUT2D eigenvalue weighted by Gasteiger charge is -2.35. The second-order valence-corrected chi connectivity index (χ2v) is 6.93. The van der Waals surface area contributed by atoms with Gasteiger partial charge in [0.1, 0.15) is 0 Å². The minimum Gasteiger partial charge on any atom is -0.315 e. The molecule has 3 heteroatoms. The third-order valence-corrected chi connectivity index (χ3v) is 4.46. The van der Waals surface area contributed by atoms with Gasteiger partial charge in [0.25, 0.3) is 0 Å². The first-order valence-corrected chi connectivity index (χ1v) is 7.77. The van der Waals surface area contributed by atoms with Crippen LogP contribution in [0.4, 0.5) is 0 Å². The third kappa shape index (κ3) is 5.51. The van der Waals surface area contributed by atoms with Crippen LogP contribution in [0.5, 0.6) is 0 Å². The van der Waals surface area contributed by atoms with Gasteiger partial charge < -0.3 is 10.2 Å². The van der Waals surface area contributed by atoms with Crippen LogP contribution in [0.1, 0.15) is 33.3 Å². The summed E-state index contributed by atoms with van der Waals surface area (Å²) >= 11 is 1.78. The van der Waals surface area contributed by atoms with Crippen LogP contribution >= 0.6 is 11.3 Å². The Morgan fingerprint density at radius 3 is 2.61 bits per heavy atom. The van der Waals surface area contributed by atoms with Gasteiger partial charge in [-0.2, -0.15) is 11.3 Å². The monoisotopic (exact) mass is 268 g/mol. The Kier molecular flexibility index (Phi) is 6.33. The largest absolute Gasteiger partial charge is 0.315 e. The smallest absolute Gasteiger partial charge is 0.0113 e. The molecule has 0 saturated carbocycles. The zero-order chi connectivity index (χ0) is 13.6. The van der Waals surface area contributed by atoms with E-state index in [9.17, 15) is 0 Å². The second-order valence-electron chi connectivity index (χ2n) is 6.15. The zero-order valence-electron chi connectivity index (χ0n) is 12.5. The van der Waals surface area contributed by atoms with Gasteiger partial charge in [-0.1, -0.05) is 20.8 Å². The molecule has 0 saturated heterocycles. The fraction of sp³-hybridized carbons (Fsp3) is 0.733. The molecule has 0 fully saturated rings. The molecule has 1 aromatic heterocycles.